The molecule has 204 valence electrons. The van der Waals surface area contributed by atoms with Gasteiger partial charge < -0.3 is 19.5 Å². The molecule has 0 aliphatic carbocycles. The molecule has 2 heterocycles. The van der Waals surface area contributed by atoms with E-state index < -0.39 is 17.7 Å². The lowest BCUT2D eigenvalue weighted by atomic mass is 9.95. The lowest BCUT2D eigenvalue weighted by Crippen LogP contribution is -2.29. The molecule has 0 bridgehead atoms. The summed E-state index contributed by atoms with van der Waals surface area (Å²) in [5.41, 5.74) is 1.96. The fourth-order valence-electron chi connectivity index (χ4n) is 4.59. The normalized spacial score (nSPS) is 16.5. The number of carbonyl (C=O) groups is 2. The number of aliphatic hydroxyl groups is 1. The van der Waals surface area contributed by atoms with E-state index in [1.54, 1.807) is 36.7 Å². The van der Waals surface area contributed by atoms with E-state index in [9.17, 15) is 14.7 Å². The van der Waals surface area contributed by atoms with Crippen molar-refractivity contribution in [2.45, 2.75) is 58.5 Å². The average molecular weight is 529 g/mol. The summed E-state index contributed by atoms with van der Waals surface area (Å²) in [6.45, 7) is 5.59. The first-order valence-electron chi connectivity index (χ1n) is 13.7. The van der Waals surface area contributed by atoms with E-state index in [2.05, 4.69) is 18.8 Å². The Balaban J connectivity index is 1.70. The number of nitrogens with zero attached hydrogens (tertiary/aromatic N) is 2. The number of rotatable bonds is 13. The predicted octanol–water partition coefficient (Wildman–Crippen LogP) is 6.45. The quantitative estimate of drug-likeness (QED) is 0.119. The third kappa shape index (κ3) is 6.85. The number of likely N-dealkylation sites (tertiary alicyclic amines) is 1. The van der Waals surface area contributed by atoms with Gasteiger partial charge in [-0.05, 0) is 54.3 Å². The highest BCUT2D eigenvalue weighted by Crippen LogP contribution is 2.41. The molecule has 39 heavy (non-hydrogen) atoms. The van der Waals surface area contributed by atoms with Crippen LogP contribution < -0.4 is 9.47 Å². The van der Waals surface area contributed by atoms with E-state index in [0.29, 0.717) is 30.1 Å². The van der Waals surface area contributed by atoms with E-state index in [1.165, 1.54) is 4.90 Å². The number of hydrogen-bond donors (Lipinski definition) is 1. The first kappa shape index (κ1) is 27.9. The molecule has 1 aliphatic heterocycles. The molecule has 3 aromatic rings. The fraction of sp³-hybridized carbons (Fsp3) is 0.344. The van der Waals surface area contributed by atoms with E-state index >= 15 is 0 Å². The van der Waals surface area contributed by atoms with Crippen LogP contribution in [0.15, 0.2) is 78.6 Å². The van der Waals surface area contributed by atoms with Gasteiger partial charge in [-0.1, -0.05) is 63.4 Å². The van der Waals surface area contributed by atoms with Gasteiger partial charge in [-0.15, -0.1) is 0 Å². The SMILES string of the molecule is CCCCCOc1ccc(C2/C(=C(\O)c3cccc(OCCCC)c3)C(=O)C(=O)N2Cc2cccnc2)cc1. The molecule has 0 saturated carbocycles. The van der Waals surface area contributed by atoms with Crippen molar-refractivity contribution < 1.29 is 24.2 Å². The highest BCUT2D eigenvalue weighted by atomic mass is 16.5. The fourth-order valence-corrected chi connectivity index (χ4v) is 4.59. The van der Waals surface area contributed by atoms with Crippen LogP contribution in [-0.2, 0) is 16.1 Å². The van der Waals surface area contributed by atoms with Crippen molar-refractivity contribution in [3.63, 3.8) is 0 Å². The van der Waals surface area contributed by atoms with Crippen LogP contribution in [0.5, 0.6) is 11.5 Å². The van der Waals surface area contributed by atoms with Gasteiger partial charge in [0.1, 0.15) is 17.3 Å². The maximum Gasteiger partial charge on any atom is 0.295 e. The second-order valence-electron chi connectivity index (χ2n) is 9.64. The Bertz CT molecular complexity index is 1290. The Morgan fingerprint density at radius 2 is 1.64 bits per heavy atom. The molecule has 1 atom stereocenters. The van der Waals surface area contributed by atoms with Crippen molar-refractivity contribution in [1.82, 2.24) is 9.88 Å². The molecule has 1 aromatic heterocycles. The minimum Gasteiger partial charge on any atom is -0.507 e. The van der Waals surface area contributed by atoms with E-state index in [4.69, 9.17) is 9.47 Å². The van der Waals surface area contributed by atoms with Gasteiger partial charge in [-0.3, -0.25) is 14.6 Å². The average Bonchev–Trinajstić information content (AvgIpc) is 3.21. The van der Waals surface area contributed by atoms with Crippen LogP contribution in [-0.4, -0.2) is 39.9 Å². The number of ketones is 1. The number of amides is 1. The Kier molecular flexibility index (Phi) is 9.73. The zero-order valence-electron chi connectivity index (χ0n) is 22.6. The molecule has 0 spiro atoms. The van der Waals surface area contributed by atoms with Crippen LogP contribution in [0.25, 0.3) is 5.76 Å². The van der Waals surface area contributed by atoms with Crippen molar-refractivity contribution in [2.24, 2.45) is 0 Å². The van der Waals surface area contributed by atoms with Gasteiger partial charge in [0, 0.05) is 24.5 Å². The molecule has 1 fully saturated rings. The van der Waals surface area contributed by atoms with Gasteiger partial charge in [0.25, 0.3) is 11.7 Å². The van der Waals surface area contributed by atoms with Gasteiger partial charge in [0.2, 0.25) is 0 Å². The smallest absolute Gasteiger partial charge is 0.295 e. The molecular weight excluding hydrogens is 492 g/mol. The van der Waals surface area contributed by atoms with Gasteiger partial charge in [0.05, 0.1) is 24.8 Å². The van der Waals surface area contributed by atoms with Crippen LogP contribution in [0, 0.1) is 0 Å². The molecule has 1 amide bonds. The first-order valence-corrected chi connectivity index (χ1v) is 13.7. The third-order valence-corrected chi connectivity index (χ3v) is 6.70. The number of unbranched alkanes of at least 4 members (excludes halogenated alkanes) is 3. The number of carbonyl (C=O) groups excluding carboxylic acids is 2. The molecule has 4 rings (SSSR count). The topological polar surface area (TPSA) is 89.0 Å². The molecule has 1 N–H and O–H groups in total. The number of aliphatic hydroxyl groups excluding tert-OH is 1. The number of aromatic nitrogens is 1. The Morgan fingerprint density at radius 3 is 2.36 bits per heavy atom. The second kappa shape index (κ2) is 13.6. The number of pyridine rings is 1. The summed E-state index contributed by atoms with van der Waals surface area (Å²) >= 11 is 0. The lowest BCUT2D eigenvalue weighted by molar-refractivity contribution is -0.140. The molecule has 1 aliphatic rings. The van der Waals surface area contributed by atoms with E-state index in [1.807, 2.05) is 36.4 Å². The van der Waals surface area contributed by atoms with Gasteiger partial charge in [-0.2, -0.15) is 0 Å². The number of hydrogen-bond acceptors (Lipinski definition) is 6. The number of ether oxygens (including phenoxy) is 2. The molecular formula is C32H36N2O5. The maximum absolute atomic E-state index is 13.4. The molecule has 7 heteroatoms. The van der Waals surface area contributed by atoms with Crippen molar-refractivity contribution in [3.8, 4) is 11.5 Å². The standard InChI is InChI=1S/C32H36N2O5/c1-3-5-7-19-38-26-15-13-24(14-16-26)29-28(30(35)25-11-8-12-27(20-25)39-18-6-4-2)31(36)32(37)34(29)22-23-10-9-17-33-21-23/h8-17,20-21,29,35H,3-7,18-19,22H2,1-2H3/b30-28+. The molecule has 1 unspecified atom stereocenters. The van der Waals surface area contributed by atoms with E-state index in [0.717, 1.165) is 43.4 Å². The summed E-state index contributed by atoms with van der Waals surface area (Å²) in [6, 6.07) is 17.2. The summed E-state index contributed by atoms with van der Waals surface area (Å²) < 4.78 is 11.7. The molecule has 7 nitrogen and oxygen atoms in total. The summed E-state index contributed by atoms with van der Waals surface area (Å²) in [5.74, 6) is -0.304. The zero-order valence-corrected chi connectivity index (χ0v) is 22.6. The van der Waals surface area contributed by atoms with Gasteiger partial charge in [0.15, 0.2) is 0 Å². The van der Waals surface area contributed by atoms with E-state index in [-0.39, 0.29) is 17.9 Å². The largest absolute Gasteiger partial charge is 0.507 e. The highest BCUT2D eigenvalue weighted by molar-refractivity contribution is 6.46. The van der Waals surface area contributed by atoms with Crippen LogP contribution in [0.2, 0.25) is 0 Å². The van der Waals surface area contributed by atoms with Crippen LogP contribution in [0.3, 0.4) is 0 Å². The van der Waals surface area contributed by atoms with Crippen molar-refractivity contribution in [2.75, 3.05) is 13.2 Å². The first-order chi connectivity index (χ1) is 19.0. The summed E-state index contributed by atoms with van der Waals surface area (Å²) in [4.78, 5) is 32.3. The van der Waals surface area contributed by atoms with Crippen molar-refractivity contribution in [1.29, 1.82) is 0 Å². The van der Waals surface area contributed by atoms with Gasteiger partial charge >= 0.3 is 0 Å². The summed E-state index contributed by atoms with van der Waals surface area (Å²) in [7, 11) is 0. The highest BCUT2D eigenvalue weighted by Gasteiger charge is 2.46. The van der Waals surface area contributed by atoms with Crippen LogP contribution in [0.4, 0.5) is 0 Å². The summed E-state index contributed by atoms with van der Waals surface area (Å²) in [5, 5.41) is 11.4. The Hall–Kier alpha value is -4.13. The second-order valence-corrected chi connectivity index (χ2v) is 9.64. The third-order valence-electron chi connectivity index (χ3n) is 6.70. The minimum absolute atomic E-state index is 0.0474. The monoisotopic (exact) mass is 528 g/mol. The Morgan fingerprint density at radius 1 is 0.897 bits per heavy atom. The van der Waals surface area contributed by atoms with Crippen LogP contribution in [0.1, 0.15) is 68.7 Å². The summed E-state index contributed by atoms with van der Waals surface area (Å²) in [6.07, 6.45) is 8.43. The lowest BCUT2D eigenvalue weighted by Gasteiger charge is -2.25. The maximum atomic E-state index is 13.4. The van der Waals surface area contributed by atoms with Gasteiger partial charge in [-0.25, -0.2) is 0 Å². The van der Waals surface area contributed by atoms with Crippen LogP contribution >= 0.6 is 0 Å². The van der Waals surface area contributed by atoms with Crippen molar-refractivity contribution >= 4 is 17.4 Å². The Labute approximate surface area is 230 Å². The molecule has 0 radical (unpaired) electrons. The molecule has 2 aromatic carbocycles. The number of Topliss-reactive ketones (excluding diaryl/α,β-unsaturated/α-hetero) is 1. The number of benzene rings is 2. The zero-order chi connectivity index (χ0) is 27.6. The predicted molar refractivity (Wildman–Crippen MR) is 150 cm³/mol. The molecule has 1 saturated heterocycles. The van der Waals surface area contributed by atoms with Crippen molar-refractivity contribution in [3.05, 3.63) is 95.3 Å². The minimum atomic E-state index is -0.774.